The molecule has 0 aromatic carbocycles. The summed E-state index contributed by atoms with van der Waals surface area (Å²) in [7, 11) is 1.42. The maximum atomic E-state index is 12.4. The highest BCUT2D eigenvalue weighted by molar-refractivity contribution is 5.79. The SMILES string of the molecule is COC(=O)CC[C@H](C)[C@@H]1CC[C@@H]2[C@H]3[C@H](OC(C)=O)C[C@H]4CC(=O)CC[C@]4(C)[C@H]3C[C@H](OC(C)=O)[C@@]21C. The first-order valence-electron chi connectivity index (χ1n) is 13.8. The molecule has 0 amide bonds. The second-order valence-electron chi connectivity index (χ2n) is 12.6. The number of ether oxygens (including phenoxy) is 3. The maximum Gasteiger partial charge on any atom is 0.305 e. The van der Waals surface area contributed by atoms with Crippen LogP contribution in [0, 0.1) is 46.3 Å². The quantitative estimate of drug-likeness (QED) is 0.375. The van der Waals surface area contributed by atoms with E-state index in [0.29, 0.717) is 25.0 Å². The van der Waals surface area contributed by atoms with Crippen LogP contribution in [-0.4, -0.2) is 43.0 Å². The van der Waals surface area contributed by atoms with E-state index in [4.69, 9.17) is 14.2 Å². The molecule has 4 aliphatic carbocycles. The third kappa shape index (κ3) is 4.60. The number of Topliss-reactive ketones (excluding diaryl/α,β-unsaturated/α-hetero) is 1. The number of hydrogen-bond acceptors (Lipinski definition) is 7. The topological polar surface area (TPSA) is 96.0 Å². The smallest absolute Gasteiger partial charge is 0.305 e. The summed E-state index contributed by atoms with van der Waals surface area (Å²) >= 11 is 0. The van der Waals surface area contributed by atoms with Gasteiger partial charge in [0.05, 0.1) is 7.11 Å². The zero-order chi connectivity index (χ0) is 26.4. The van der Waals surface area contributed by atoms with Crippen molar-refractivity contribution in [2.75, 3.05) is 7.11 Å². The Labute approximate surface area is 215 Å². The van der Waals surface area contributed by atoms with Crippen LogP contribution in [0.5, 0.6) is 0 Å². The van der Waals surface area contributed by atoms with Gasteiger partial charge < -0.3 is 14.2 Å². The Hall–Kier alpha value is -1.92. The summed E-state index contributed by atoms with van der Waals surface area (Å²) in [5, 5.41) is 0. The largest absolute Gasteiger partial charge is 0.469 e. The molecule has 10 atom stereocenters. The highest BCUT2D eigenvalue weighted by Crippen LogP contribution is 2.69. The Morgan fingerprint density at radius 3 is 2.36 bits per heavy atom. The van der Waals surface area contributed by atoms with Crippen molar-refractivity contribution < 1.29 is 33.4 Å². The Morgan fingerprint density at radius 2 is 1.72 bits per heavy atom. The van der Waals surface area contributed by atoms with Gasteiger partial charge in [-0.25, -0.2) is 0 Å². The van der Waals surface area contributed by atoms with Crippen LogP contribution in [0.1, 0.15) is 92.4 Å². The van der Waals surface area contributed by atoms with E-state index in [1.54, 1.807) is 0 Å². The number of rotatable bonds is 6. The van der Waals surface area contributed by atoms with Crippen molar-refractivity contribution in [1.82, 2.24) is 0 Å². The third-order valence-electron chi connectivity index (χ3n) is 11.0. The molecule has 0 aromatic heterocycles. The van der Waals surface area contributed by atoms with Crippen molar-refractivity contribution in [3.63, 3.8) is 0 Å². The fraction of sp³-hybridized carbons (Fsp3) is 0.862. The molecular weight excluding hydrogens is 460 g/mol. The van der Waals surface area contributed by atoms with Gasteiger partial charge in [-0.1, -0.05) is 20.8 Å². The molecule has 0 aliphatic heterocycles. The minimum absolute atomic E-state index is 0.0382. The second kappa shape index (κ2) is 10.1. The summed E-state index contributed by atoms with van der Waals surface area (Å²) in [6.45, 7) is 9.76. The minimum Gasteiger partial charge on any atom is -0.469 e. The van der Waals surface area contributed by atoms with E-state index in [1.807, 2.05) is 0 Å². The molecule has 0 radical (unpaired) electrons. The van der Waals surface area contributed by atoms with Gasteiger partial charge in [0.1, 0.15) is 18.0 Å². The molecule has 202 valence electrons. The second-order valence-corrected chi connectivity index (χ2v) is 12.6. The van der Waals surface area contributed by atoms with Crippen molar-refractivity contribution in [2.24, 2.45) is 46.3 Å². The van der Waals surface area contributed by atoms with Gasteiger partial charge in [0.2, 0.25) is 0 Å². The molecule has 0 heterocycles. The fourth-order valence-corrected chi connectivity index (χ4v) is 9.25. The van der Waals surface area contributed by atoms with E-state index < -0.39 is 0 Å². The number of carbonyl (C=O) groups is 4. The summed E-state index contributed by atoms with van der Waals surface area (Å²) in [6, 6.07) is 0. The molecule has 4 aliphatic rings. The molecule has 0 spiro atoms. The van der Waals surface area contributed by atoms with Crippen LogP contribution in [0.3, 0.4) is 0 Å². The van der Waals surface area contributed by atoms with Crippen LogP contribution < -0.4 is 0 Å². The van der Waals surface area contributed by atoms with Crippen LogP contribution in [-0.2, 0) is 33.4 Å². The molecule has 36 heavy (non-hydrogen) atoms. The molecule has 0 bridgehead atoms. The van der Waals surface area contributed by atoms with E-state index in [9.17, 15) is 19.2 Å². The van der Waals surface area contributed by atoms with E-state index in [0.717, 1.165) is 38.5 Å². The van der Waals surface area contributed by atoms with E-state index in [1.165, 1.54) is 21.0 Å². The molecule has 4 fully saturated rings. The molecule has 7 heteroatoms. The lowest BCUT2D eigenvalue weighted by Crippen LogP contribution is -2.63. The number of methoxy groups -OCH3 is 1. The van der Waals surface area contributed by atoms with Crippen molar-refractivity contribution in [2.45, 2.75) is 105 Å². The van der Waals surface area contributed by atoms with Gasteiger partial charge in [-0.3, -0.25) is 19.2 Å². The zero-order valence-corrected chi connectivity index (χ0v) is 22.8. The average molecular weight is 505 g/mol. The van der Waals surface area contributed by atoms with Crippen LogP contribution in [0.4, 0.5) is 0 Å². The first-order valence-corrected chi connectivity index (χ1v) is 13.8. The van der Waals surface area contributed by atoms with Gasteiger partial charge in [-0.05, 0) is 73.5 Å². The van der Waals surface area contributed by atoms with Gasteiger partial charge in [0.15, 0.2) is 0 Å². The molecule has 0 N–H and O–H groups in total. The highest BCUT2D eigenvalue weighted by Gasteiger charge is 2.67. The van der Waals surface area contributed by atoms with Gasteiger partial charge >= 0.3 is 17.9 Å². The zero-order valence-electron chi connectivity index (χ0n) is 22.8. The Balaban J connectivity index is 1.72. The number of carbonyl (C=O) groups excluding carboxylic acids is 4. The summed E-state index contributed by atoms with van der Waals surface area (Å²) in [5.41, 5.74) is -0.308. The van der Waals surface area contributed by atoms with Gasteiger partial charge in [-0.15, -0.1) is 0 Å². The van der Waals surface area contributed by atoms with E-state index in [2.05, 4.69) is 20.8 Å². The number of esters is 3. The summed E-state index contributed by atoms with van der Waals surface area (Å²) < 4.78 is 17.0. The van der Waals surface area contributed by atoms with Crippen molar-refractivity contribution in [3.8, 4) is 0 Å². The Kier molecular flexibility index (Phi) is 7.60. The van der Waals surface area contributed by atoms with Crippen molar-refractivity contribution in [1.29, 1.82) is 0 Å². The molecule has 0 aromatic rings. The first-order chi connectivity index (χ1) is 16.9. The molecule has 0 saturated heterocycles. The lowest BCUT2D eigenvalue weighted by atomic mass is 9.43. The van der Waals surface area contributed by atoms with Crippen molar-refractivity contribution in [3.05, 3.63) is 0 Å². The minimum atomic E-state index is -0.269. The first kappa shape index (κ1) is 27.1. The Bertz CT molecular complexity index is 898. The fourth-order valence-electron chi connectivity index (χ4n) is 9.25. The van der Waals surface area contributed by atoms with Gasteiger partial charge in [0.25, 0.3) is 0 Å². The summed E-state index contributed by atoms with van der Waals surface area (Å²) in [5.74, 6) is 0.944. The van der Waals surface area contributed by atoms with Crippen molar-refractivity contribution >= 4 is 23.7 Å². The van der Waals surface area contributed by atoms with Crippen LogP contribution in [0.25, 0.3) is 0 Å². The number of hydrogen-bond donors (Lipinski definition) is 0. The molecule has 7 nitrogen and oxygen atoms in total. The van der Waals surface area contributed by atoms with E-state index >= 15 is 0 Å². The number of fused-ring (bicyclic) bond motifs is 5. The van der Waals surface area contributed by atoms with Crippen LogP contribution in [0.15, 0.2) is 0 Å². The average Bonchev–Trinajstić information content (AvgIpc) is 3.16. The molecular formula is C29H44O7. The highest BCUT2D eigenvalue weighted by atomic mass is 16.5. The molecule has 0 unspecified atom stereocenters. The lowest BCUT2D eigenvalue weighted by Gasteiger charge is -2.63. The predicted octanol–water partition coefficient (Wildman–Crippen LogP) is 4.89. The monoisotopic (exact) mass is 504 g/mol. The third-order valence-corrected chi connectivity index (χ3v) is 11.0. The maximum absolute atomic E-state index is 12.4. The van der Waals surface area contributed by atoms with E-state index in [-0.39, 0.29) is 76.5 Å². The van der Waals surface area contributed by atoms with Gasteiger partial charge in [-0.2, -0.15) is 0 Å². The standard InChI is InChI=1S/C29H44O7/c1-16(7-10-26(33)34-6)21-8-9-22-27-23(15-25(29(21,22)5)36-18(3)31)28(4)12-11-20(32)13-19(28)14-24(27)35-17(2)30/h16,19,21-25,27H,7-15H2,1-6H3/t16-,19+,21-,22+,23-,24+,25-,27+,28-,29+/m0/s1. The lowest BCUT2D eigenvalue weighted by molar-refractivity contribution is -0.219. The predicted molar refractivity (Wildman–Crippen MR) is 133 cm³/mol. The molecule has 4 saturated carbocycles. The number of ketones is 1. The Morgan fingerprint density at radius 1 is 1.03 bits per heavy atom. The van der Waals surface area contributed by atoms with Gasteiger partial charge in [0, 0.05) is 44.4 Å². The summed E-state index contributed by atoms with van der Waals surface area (Å²) in [4.78, 5) is 48.9. The van der Waals surface area contributed by atoms with Crippen LogP contribution >= 0.6 is 0 Å². The van der Waals surface area contributed by atoms with Crippen LogP contribution in [0.2, 0.25) is 0 Å². The molecule has 4 rings (SSSR count). The normalized spacial score (nSPS) is 42.4. The summed E-state index contributed by atoms with van der Waals surface area (Å²) in [6.07, 6.45) is 6.09.